The van der Waals surface area contributed by atoms with Crippen LogP contribution in [0.3, 0.4) is 0 Å². The zero-order valence-corrected chi connectivity index (χ0v) is 11.5. The highest BCUT2D eigenvalue weighted by atomic mass is 32.2. The van der Waals surface area contributed by atoms with Crippen molar-refractivity contribution in [3.8, 4) is 0 Å². The molecule has 0 fully saturated rings. The second-order valence-corrected chi connectivity index (χ2v) is 5.53. The molecule has 0 radical (unpaired) electrons. The van der Waals surface area contributed by atoms with Crippen LogP contribution in [-0.4, -0.2) is 21.1 Å². The highest BCUT2D eigenvalue weighted by Crippen LogP contribution is 2.15. The second-order valence-electron chi connectivity index (χ2n) is 4.14. The summed E-state index contributed by atoms with van der Waals surface area (Å²) in [6.45, 7) is 2.96. The van der Waals surface area contributed by atoms with E-state index in [-0.39, 0.29) is 0 Å². The molecule has 3 nitrogen and oxygen atoms in total. The van der Waals surface area contributed by atoms with E-state index in [0.29, 0.717) is 0 Å². The van der Waals surface area contributed by atoms with E-state index in [2.05, 4.69) is 24.0 Å². The Labute approximate surface area is 112 Å². The number of rotatable bonds is 6. The van der Waals surface area contributed by atoms with Crippen LogP contribution in [0.1, 0.15) is 18.2 Å². The summed E-state index contributed by atoms with van der Waals surface area (Å²) in [6.07, 6.45) is 2.79. The number of hydrogen-bond acceptors (Lipinski definition) is 3. The first-order chi connectivity index (χ1) is 8.81. The molecule has 0 aliphatic heterocycles. The third kappa shape index (κ3) is 3.29. The van der Waals surface area contributed by atoms with Crippen molar-refractivity contribution in [2.24, 2.45) is 0 Å². The lowest BCUT2D eigenvalue weighted by molar-refractivity contribution is 0.807. The first-order valence-corrected chi connectivity index (χ1v) is 7.38. The molecular formula is C14H19N3S. The maximum Gasteiger partial charge on any atom is 0.126 e. The van der Waals surface area contributed by atoms with Gasteiger partial charge in [0.25, 0.3) is 0 Å². The average Bonchev–Trinajstić information content (AvgIpc) is 2.73. The third-order valence-corrected chi connectivity index (χ3v) is 3.74. The van der Waals surface area contributed by atoms with Gasteiger partial charge in [0.05, 0.1) is 18.6 Å². The Hall–Kier alpha value is -1.42. The van der Waals surface area contributed by atoms with Crippen molar-refractivity contribution < 1.29 is 0 Å². The lowest BCUT2D eigenvalue weighted by Crippen LogP contribution is -2.04. The highest BCUT2D eigenvalue weighted by Gasteiger charge is 2.07. The molecule has 1 heterocycles. The first kappa shape index (κ1) is 13.0. The minimum Gasteiger partial charge on any atom is -0.384 e. The number of nitrogens with zero attached hydrogens (tertiary/aromatic N) is 2. The van der Waals surface area contributed by atoms with Gasteiger partial charge in [-0.2, -0.15) is 11.8 Å². The lowest BCUT2D eigenvalue weighted by Gasteiger charge is -2.05. The van der Waals surface area contributed by atoms with Gasteiger partial charge in [-0.05, 0) is 17.1 Å². The molecule has 0 atom stereocenters. The van der Waals surface area contributed by atoms with Crippen molar-refractivity contribution in [1.82, 2.24) is 9.55 Å². The number of imidazole rings is 1. The molecule has 0 aliphatic carbocycles. The Kier molecular flexibility index (Phi) is 4.70. The molecule has 0 aliphatic rings. The summed E-state index contributed by atoms with van der Waals surface area (Å²) in [5.41, 5.74) is 8.39. The fraction of sp³-hybridized carbons (Fsp3) is 0.357. The van der Waals surface area contributed by atoms with Crippen LogP contribution in [0.25, 0.3) is 0 Å². The van der Waals surface area contributed by atoms with E-state index in [1.165, 1.54) is 5.56 Å². The molecule has 96 valence electrons. The first-order valence-electron chi connectivity index (χ1n) is 6.22. The maximum atomic E-state index is 6.12. The Bertz CT molecular complexity index is 479. The van der Waals surface area contributed by atoms with Crippen molar-refractivity contribution in [2.75, 3.05) is 17.2 Å². The highest BCUT2D eigenvalue weighted by molar-refractivity contribution is 7.99. The summed E-state index contributed by atoms with van der Waals surface area (Å²) >= 11 is 1.92. The van der Waals surface area contributed by atoms with Gasteiger partial charge in [0, 0.05) is 6.42 Å². The number of anilines is 1. The normalized spacial score (nSPS) is 10.7. The van der Waals surface area contributed by atoms with Gasteiger partial charge in [0.1, 0.15) is 5.82 Å². The standard InChI is InChI=1S/C14H19N3S/c1-2-18-9-8-13-14(15)17(11-16-13)10-12-6-4-3-5-7-12/h3-7,11H,2,8-10,15H2,1H3. The van der Waals surface area contributed by atoms with E-state index in [4.69, 9.17) is 5.73 Å². The van der Waals surface area contributed by atoms with E-state index in [0.717, 1.165) is 36.0 Å². The zero-order valence-electron chi connectivity index (χ0n) is 10.7. The molecule has 18 heavy (non-hydrogen) atoms. The molecule has 0 unspecified atom stereocenters. The summed E-state index contributed by atoms with van der Waals surface area (Å²) < 4.78 is 2.02. The lowest BCUT2D eigenvalue weighted by atomic mass is 10.2. The van der Waals surface area contributed by atoms with Crippen LogP contribution in [0.5, 0.6) is 0 Å². The van der Waals surface area contributed by atoms with Gasteiger partial charge in [0.15, 0.2) is 0 Å². The van der Waals surface area contributed by atoms with Gasteiger partial charge in [-0.25, -0.2) is 4.98 Å². The van der Waals surface area contributed by atoms with E-state index in [1.54, 1.807) is 0 Å². The summed E-state index contributed by atoms with van der Waals surface area (Å²) in [5.74, 6) is 3.03. The molecule has 1 aromatic heterocycles. The molecule has 0 bridgehead atoms. The van der Waals surface area contributed by atoms with Crippen molar-refractivity contribution in [3.05, 3.63) is 47.9 Å². The summed E-state index contributed by atoms with van der Waals surface area (Å²) in [4.78, 5) is 4.41. The maximum absolute atomic E-state index is 6.12. The number of hydrogen-bond donors (Lipinski definition) is 1. The number of nitrogen functional groups attached to an aromatic ring is 1. The Morgan fingerprint density at radius 3 is 2.78 bits per heavy atom. The van der Waals surface area contributed by atoms with Crippen LogP contribution < -0.4 is 5.73 Å². The predicted molar refractivity (Wildman–Crippen MR) is 78.9 cm³/mol. The molecule has 2 aromatic rings. The minimum absolute atomic E-state index is 0.792. The monoisotopic (exact) mass is 261 g/mol. The molecule has 0 amide bonds. The van der Waals surface area contributed by atoms with E-state index in [9.17, 15) is 0 Å². The van der Waals surface area contributed by atoms with Crippen LogP contribution in [0.15, 0.2) is 36.7 Å². The van der Waals surface area contributed by atoms with Gasteiger partial charge in [-0.15, -0.1) is 0 Å². The van der Waals surface area contributed by atoms with E-state index < -0.39 is 0 Å². The topological polar surface area (TPSA) is 43.8 Å². The fourth-order valence-corrected chi connectivity index (χ4v) is 2.47. The van der Waals surface area contributed by atoms with Crippen LogP contribution in [0.4, 0.5) is 5.82 Å². The SMILES string of the molecule is CCSCCc1ncn(Cc2ccccc2)c1N. The van der Waals surface area contributed by atoms with E-state index >= 15 is 0 Å². The molecular weight excluding hydrogens is 242 g/mol. The van der Waals surface area contributed by atoms with Crippen molar-refractivity contribution in [1.29, 1.82) is 0 Å². The Morgan fingerprint density at radius 2 is 2.06 bits per heavy atom. The van der Waals surface area contributed by atoms with Crippen LogP contribution in [-0.2, 0) is 13.0 Å². The summed E-state index contributed by atoms with van der Waals surface area (Å²) in [7, 11) is 0. The van der Waals surface area contributed by atoms with Gasteiger partial charge < -0.3 is 10.3 Å². The fourth-order valence-electron chi connectivity index (χ4n) is 1.85. The van der Waals surface area contributed by atoms with Crippen LogP contribution >= 0.6 is 11.8 Å². The van der Waals surface area contributed by atoms with Crippen LogP contribution in [0, 0.1) is 0 Å². The minimum atomic E-state index is 0.792. The van der Waals surface area contributed by atoms with Crippen molar-refractivity contribution >= 4 is 17.6 Å². The molecule has 0 spiro atoms. The Morgan fingerprint density at radius 1 is 1.28 bits per heavy atom. The molecule has 1 aromatic carbocycles. The van der Waals surface area contributed by atoms with Gasteiger partial charge in [-0.1, -0.05) is 37.3 Å². The quantitative estimate of drug-likeness (QED) is 0.813. The van der Waals surface area contributed by atoms with Crippen LogP contribution in [0.2, 0.25) is 0 Å². The molecule has 0 saturated carbocycles. The largest absolute Gasteiger partial charge is 0.384 e. The van der Waals surface area contributed by atoms with Gasteiger partial charge in [0.2, 0.25) is 0 Å². The Balaban J connectivity index is 2.02. The number of benzene rings is 1. The third-order valence-electron chi connectivity index (χ3n) is 2.84. The molecule has 2 N–H and O–H groups in total. The summed E-state index contributed by atoms with van der Waals surface area (Å²) in [5, 5.41) is 0. The number of thioether (sulfide) groups is 1. The predicted octanol–water partition coefficient (Wildman–Crippen LogP) is 2.81. The van der Waals surface area contributed by atoms with Gasteiger partial charge in [-0.3, -0.25) is 0 Å². The molecule has 2 rings (SSSR count). The van der Waals surface area contributed by atoms with Crippen molar-refractivity contribution in [3.63, 3.8) is 0 Å². The average molecular weight is 261 g/mol. The number of aromatic nitrogens is 2. The molecule has 0 saturated heterocycles. The van der Waals surface area contributed by atoms with Crippen molar-refractivity contribution in [2.45, 2.75) is 19.9 Å². The smallest absolute Gasteiger partial charge is 0.126 e. The summed E-state index contributed by atoms with van der Waals surface area (Å²) in [6, 6.07) is 10.3. The number of nitrogens with two attached hydrogens (primary N) is 1. The van der Waals surface area contributed by atoms with Gasteiger partial charge >= 0.3 is 0 Å². The van der Waals surface area contributed by atoms with E-state index in [1.807, 2.05) is 40.9 Å². The molecule has 4 heteroatoms. The zero-order chi connectivity index (χ0) is 12.8. The second kappa shape index (κ2) is 6.50. The number of aryl methyl sites for hydroxylation is 1.